The topological polar surface area (TPSA) is 71.0 Å². The average Bonchev–Trinajstić information content (AvgIpc) is 3.17. The van der Waals surface area contributed by atoms with Crippen LogP contribution < -0.4 is 10.2 Å². The monoisotopic (exact) mass is 445 g/mol. The summed E-state index contributed by atoms with van der Waals surface area (Å²) in [6.07, 6.45) is 5.64. The molecule has 3 heterocycles. The molecule has 0 aliphatic carbocycles. The third-order valence-corrected chi connectivity index (χ3v) is 5.48. The largest absolute Gasteiger partial charge is 0.340 e. The van der Waals surface area contributed by atoms with Gasteiger partial charge in [0, 0.05) is 40.2 Å². The zero-order valence-corrected chi connectivity index (χ0v) is 16.9. The number of amides is 1. The van der Waals surface area contributed by atoms with E-state index in [0.29, 0.717) is 12.1 Å². The predicted octanol–water partition coefficient (Wildman–Crippen LogP) is 4.73. The summed E-state index contributed by atoms with van der Waals surface area (Å²) < 4.78 is 0.973. The van der Waals surface area contributed by atoms with Crippen molar-refractivity contribution in [2.75, 3.05) is 16.8 Å². The molecule has 2 aromatic heterocycles. The number of aromatic nitrogens is 3. The molecule has 2 aromatic carbocycles. The second kappa shape index (κ2) is 7.25. The molecule has 1 amide bonds. The SMILES string of the molecule is O=C(c1cccnc1)N1CCc2cc(Nc3ncnc4ccc(Br)cc34)ccc21. The van der Waals surface area contributed by atoms with Crippen molar-refractivity contribution in [1.29, 1.82) is 0 Å². The first kappa shape index (κ1) is 17.8. The molecule has 5 rings (SSSR count). The standard InChI is InChI=1S/C22H16BrN5O/c23-16-3-5-19-18(11-16)21(26-13-25-19)27-17-4-6-20-14(10-17)7-9-28(20)22(29)15-2-1-8-24-12-15/h1-6,8,10-13H,7,9H2,(H,25,26,27). The molecule has 1 N–H and O–H groups in total. The Hall–Kier alpha value is -3.32. The molecule has 0 fully saturated rings. The van der Waals surface area contributed by atoms with Crippen LogP contribution in [0.5, 0.6) is 0 Å². The fourth-order valence-corrected chi connectivity index (χ4v) is 3.96. The minimum Gasteiger partial charge on any atom is -0.340 e. The van der Waals surface area contributed by atoms with Crippen LogP contribution in [0.2, 0.25) is 0 Å². The Labute approximate surface area is 175 Å². The number of anilines is 3. The molecule has 0 bridgehead atoms. The highest BCUT2D eigenvalue weighted by Gasteiger charge is 2.26. The highest BCUT2D eigenvalue weighted by molar-refractivity contribution is 9.10. The molecular formula is C22H16BrN5O. The van der Waals surface area contributed by atoms with Crippen molar-refractivity contribution < 1.29 is 4.79 Å². The van der Waals surface area contributed by atoms with Gasteiger partial charge in [0.15, 0.2) is 0 Å². The van der Waals surface area contributed by atoms with Crippen molar-refractivity contribution in [3.8, 4) is 0 Å². The first-order valence-corrected chi connectivity index (χ1v) is 10.0. The normalized spacial score (nSPS) is 12.8. The number of pyridine rings is 1. The Balaban J connectivity index is 1.44. The summed E-state index contributed by atoms with van der Waals surface area (Å²) in [6.45, 7) is 0.663. The Morgan fingerprint density at radius 2 is 2.03 bits per heavy atom. The number of benzene rings is 2. The smallest absolute Gasteiger partial charge is 0.259 e. The fraction of sp³-hybridized carbons (Fsp3) is 0.0909. The van der Waals surface area contributed by atoms with Crippen LogP contribution in [0.15, 0.2) is 71.7 Å². The Morgan fingerprint density at radius 3 is 2.90 bits per heavy atom. The zero-order chi connectivity index (χ0) is 19.8. The summed E-state index contributed by atoms with van der Waals surface area (Å²) in [7, 11) is 0. The Bertz CT molecular complexity index is 1230. The van der Waals surface area contributed by atoms with Crippen molar-refractivity contribution in [2.24, 2.45) is 0 Å². The van der Waals surface area contributed by atoms with Gasteiger partial charge in [-0.25, -0.2) is 9.97 Å². The van der Waals surface area contributed by atoms with Gasteiger partial charge in [0.2, 0.25) is 0 Å². The summed E-state index contributed by atoms with van der Waals surface area (Å²) >= 11 is 3.51. The van der Waals surface area contributed by atoms with Crippen molar-refractivity contribution in [1.82, 2.24) is 15.0 Å². The number of rotatable bonds is 3. The third-order valence-electron chi connectivity index (χ3n) is 4.99. The van der Waals surface area contributed by atoms with Crippen LogP contribution in [0.1, 0.15) is 15.9 Å². The summed E-state index contributed by atoms with van der Waals surface area (Å²) in [5.41, 5.74) is 4.48. The van der Waals surface area contributed by atoms with Crippen LogP contribution in [-0.4, -0.2) is 27.4 Å². The number of carbonyl (C=O) groups is 1. The van der Waals surface area contributed by atoms with E-state index in [9.17, 15) is 4.79 Å². The van der Waals surface area contributed by atoms with E-state index in [1.165, 1.54) is 0 Å². The minimum atomic E-state index is -0.0239. The van der Waals surface area contributed by atoms with E-state index >= 15 is 0 Å². The van der Waals surface area contributed by atoms with Gasteiger partial charge in [-0.2, -0.15) is 0 Å². The summed E-state index contributed by atoms with van der Waals surface area (Å²) in [6, 6.07) is 15.5. The Kier molecular flexibility index (Phi) is 4.44. The van der Waals surface area contributed by atoms with Gasteiger partial charge in [0.1, 0.15) is 12.1 Å². The Morgan fingerprint density at radius 1 is 1.10 bits per heavy atom. The maximum atomic E-state index is 12.8. The van der Waals surface area contributed by atoms with Gasteiger partial charge in [0.05, 0.1) is 11.1 Å². The lowest BCUT2D eigenvalue weighted by molar-refractivity contribution is 0.0989. The van der Waals surface area contributed by atoms with Gasteiger partial charge in [-0.05, 0) is 60.5 Å². The van der Waals surface area contributed by atoms with Crippen LogP contribution in [-0.2, 0) is 6.42 Å². The van der Waals surface area contributed by atoms with Crippen LogP contribution in [0.3, 0.4) is 0 Å². The van der Waals surface area contributed by atoms with E-state index in [2.05, 4.69) is 42.3 Å². The highest BCUT2D eigenvalue weighted by Crippen LogP contribution is 2.33. The van der Waals surface area contributed by atoms with Gasteiger partial charge in [0.25, 0.3) is 5.91 Å². The number of carbonyl (C=O) groups excluding carboxylic acids is 1. The molecule has 0 saturated heterocycles. The van der Waals surface area contributed by atoms with Gasteiger partial charge < -0.3 is 10.2 Å². The molecule has 142 valence electrons. The van der Waals surface area contributed by atoms with Crippen molar-refractivity contribution >= 4 is 49.9 Å². The van der Waals surface area contributed by atoms with E-state index in [1.807, 2.05) is 35.2 Å². The van der Waals surface area contributed by atoms with Gasteiger partial charge in [-0.3, -0.25) is 9.78 Å². The maximum Gasteiger partial charge on any atom is 0.259 e. The van der Waals surface area contributed by atoms with Gasteiger partial charge in [-0.1, -0.05) is 15.9 Å². The lowest BCUT2D eigenvalue weighted by atomic mass is 10.1. The fourth-order valence-electron chi connectivity index (χ4n) is 3.60. The van der Waals surface area contributed by atoms with Gasteiger partial charge >= 0.3 is 0 Å². The van der Waals surface area contributed by atoms with Crippen molar-refractivity contribution in [2.45, 2.75) is 6.42 Å². The van der Waals surface area contributed by atoms with E-state index in [0.717, 1.165) is 44.6 Å². The van der Waals surface area contributed by atoms with E-state index in [-0.39, 0.29) is 5.91 Å². The third kappa shape index (κ3) is 3.34. The molecule has 1 aliphatic rings. The number of nitrogens with zero attached hydrogens (tertiary/aromatic N) is 4. The van der Waals surface area contributed by atoms with Crippen molar-refractivity contribution in [3.05, 3.63) is 82.9 Å². The molecule has 7 heteroatoms. The van der Waals surface area contributed by atoms with Crippen LogP contribution in [0.4, 0.5) is 17.2 Å². The number of nitrogens with one attached hydrogen (secondary N) is 1. The second-order valence-corrected chi connectivity index (χ2v) is 7.72. The molecule has 0 atom stereocenters. The molecule has 6 nitrogen and oxygen atoms in total. The summed E-state index contributed by atoms with van der Waals surface area (Å²) in [5.74, 6) is 0.724. The number of hydrogen-bond acceptors (Lipinski definition) is 5. The first-order chi connectivity index (χ1) is 14.2. The number of hydrogen-bond donors (Lipinski definition) is 1. The molecule has 0 saturated carbocycles. The lowest BCUT2D eigenvalue weighted by Crippen LogP contribution is -2.28. The minimum absolute atomic E-state index is 0.0239. The lowest BCUT2D eigenvalue weighted by Gasteiger charge is -2.17. The van der Waals surface area contributed by atoms with E-state index in [1.54, 1.807) is 30.9 Å². The number of halogens is 1. The predicted molar refractivity (Wildman–Crippen MR) is 117 cm³/mol. The molecule has 4 aromatic rings. The van der Waals surface area contributed by atoms with Crippen LogP contribution in [0, 0.1) is 0 Å². The maximum absolute atomic E-state index is 12.8. The van der Waals surface area contributed by atoms with Crippen molar-refractivity contribution in [3.63, 3.8) is 0 Å². The van der Waals surface area contributed by atoms with Crippen LogP contribution >= 0.6 is 15.9 Å². The van der Waals surface area contributed by atoms with E-state index < -0.39 is 0 Å². The summed E-state index contributed by atoms with van der Waals surface area (Å²) in [5, 5.41) is 4.33. The zero-order valence-electron chi connectivity index (χ0n) is 15.3. The average molecular weight is 446 g/mol. The molecule has 0 unspecified atom stereocenters. The summed E-state index contributed by atoms with van der Waals surface area (Å²) in [4.78, 5) is 27.4. The molecule has 29 heavy (non-hydrogen) atoms. The molecule has 0 radical (unpaired) electrons. The molecular weight excluding hydrogens is 430 g/mol. The van der Waals surface area contributed by atoms with Gasteiger partial charge in [-0.15, -0.1) is 0 Å². The van der Waals surface area contributed by atoms with E-state index in [4.69, 9.17) is 0 Å². The van der Waals surface area contributed by atoms with Crippen LogP contribution in [0.25, 0.3) is 10.9 Å². The second-order valence-electron chi connectivity index (χ2n) is 6.80. The molecule has 1 aliphatic heterocycles. The number of fused-ring (bicyclic) bond motifs is 2. The molecule has 0 spiro atoms. The first-order valence-electron chi connectivity index (χ1n) is 9.21. The highest BCUT2D eigenvalue weighted by atomic mass is 79.9. The quantitative estimate of drug-likeness (QED) is 0.493.